The molecule has 2 heteroatoms. The van der Waals surface area contributed by atoms with Gasteiger partial charge in [-0.05, 0) is 19.9 Å². The van der Waals surface area contributed by atoms with E-state index in [2.05, 4.69) is 33.5 Å². The third-order valence-electron chi connectivity index (χ3n) is 1.96. The molecule has 0 aromatic rings. The van der Waals surface area contributed by atoms with Gasteiger partial charge in [-0.2, -0.15) is 0 Å². The minimum absolute atomic E-state index is 0.209. The highest BCUT2D eigenvalue weighted by atomic mass is 28.3. The fraction of sp³-hybridized carbons (Fsp3) is 1.00. The van der Waals surface area contributed by atoms with E-state index in [1.54, 1.807) is 0 Å². The van der Waals surface area contributed by atoms with E-state index in [-0.39, 0.29) is 5.60 Å². The number of rotatable bonds is 2. The molecule has 1 unspecified atom stereocenters. The van der Waals surface area contributed by atoms with Crippen molar-refractivity contribution in [2.45, 2.75) is 51.2 Å². The summed E-state index contributed by atoms with van der Waals surface area (Å²) >= 11 is 0. The third-order valence-corrected chi connectivity index (χ3v) is 3.56. The summed E-state index contributed by atoms with van der Waals surface area (Å²) in [5, 5.41) is 0. The Bertz CT molecular complexity index is 135. The van der Waals surface area contributed by atoms with Gasteiger partial charge in [-0.1, -0.05) is 19.6 Å². The number of hydrogen-bond donors (Lipinski definition) is 0. The van der Waals surface area contributed by atoms with Crippen LogP contribution >= 0.6 is 0 Å². The molecule has 0 saturated carbocycles. The van der Waals surface area contributed by atoms with Crippen LogP contribution in [-0.2, 0) is 4.74 Å². The molecule has 1 rings (SSSR count). The molecule has 1 aliphatic heterocycles. The summed E-state index contributed by atoms with van der Waals surface area (Å²) in [6.45, 7) is 11.5. The maximum absolute atomic E-state index is 5.52. The van der Waals surface area contributed by atoms with Crippen LogP contribution in [0.25, 0.3) is 0 Å². The quantitative estimate of drug-likeness (QED) is 0.444. The molecular formula is C8H18OSi. The smallest absolute Gasteiger partial charge is 0.0889 e. The average molecular weight is 158 g/mol. The minimum atomic E-state index is -0.872. The van der Waals surface area contributed by atoms with Crippen LogP contribution in [0, 0.1) is 0 Å². The minimum Gasteiger partial charge on any atom is -0.367 e. The predicted molar refractivity (Wildman–Crippen MR) is 47.1 cm³/mol. The molecule has 0 amide bonds. The van der Waals surface area contributed by atoms with Gasteiger partial charge in [-0.3, -0.25) is 0 Å². The molecule has 0 aliphatic carbocycles. The van der Waals surface area contributed by atoms with Crippen molar-refractivity contribution in [3.05, 3.63) is 0 Å². The normalized spacial score (nSPS) is 30.3. The molecule has 1 nitrogen and oxygen atoms in total. The second-order valence-corrected chi connectivity index (χ2v) is 10.5. The van der Waals surface area contributed by atoms with Gasteiger partial charge in [-0.25, -0.2) is 0 Å². The zero-order valence-electron chi connectivity index (χ0n) is 7.69. The molecule has 0 aromatic carbocycles. The highest BCUT2D eigenvalue weighted by Crippen LogP contribution is 2.40. The van der Waals surface area contributed by atoms with Crippen LogP contribution in [-0.4, -0.2) is 19.8 Å². The fourth-order valence-corrected chi connectivity index (χ4v) is 2.86. The van der Waals surface area contributed by atoms with Crippen LogP contribution in [0.2, 0.25) is 25.7 Å². The molecule has 1 saturated heterocycles. The summed E-state index contributed by atoms with van der Waals surface area (Å²) in [4.78, 5) is 0. The Balaban J connectivity index is 2.31. The zero-order chi connectivity index (χ0) is 7.99. The van der Waals surface area contributed by atoms with Gasteiger partial charge >= 0.3 is 0 Å². The molecule has 60 valence electrons. The SMILES string of the molecule is CC1(C)OC1C[Si](C)(C)C. The molecule has 0 aromatic heterocycles. The zero-order valence-corrected chi connectivity index (χ0v) is 8.69. The summed E-state index contributed by atoms with van der Waals surface area (Å²) < 4.78 is 5.52. The summed E-state index contributed by atoms with van der Waals surface area (Å²) in [6.07, 6.45) is 0.569. The van der Waals surface area contributed by atoms with Gasteiger partial charge in [0.1, 0.15) is 0 Å². The van der Waals surface area contributed by atoms with Crippen molar-refractivity contribution in [2.24, 2.45) is 0 Å². The van der Waals surface area contributed by atoms with Gasteiger partial charge < -0.3 is 4.74 Å². The lowest BCUT2D eigenvalue weighted by atomic mass is 10.2. The molecule has 1 atom stereocenters. The molecule has 1 aliphatic rings. The predicted octanol–water partition coefficient (Wildman–Crippen LogP) is 2.50. The van der Waals surface area contributed by atoms with E-state index in [0.29, 0.717) is 6.10 Å². The Morgan fingerprint density at radius 1 is 1.30 bits per heavy atom. The average Bonchev–Trinajstić information content (AvgIpc) is 2.05. The summed E-state index contributed by atoms with van der Waals surface area (Å²) in [5.41, 5.74) is 0.209. The van der Waals surface area contributed by atoms with Crippen molar-refractivity contribution in [1.82, 2.24) is 0 Å². The summed E-state index contributed by atoms with van der Waals surface area (Å²) in [7, 11) is -0.872. The maximum Gasteiger partial charge on any atom is 0.0889 e. The van der Waals surface area contributed by atoms with Crippen LogP contribution < -0.4 is 0 Å². The van der Waals surface area contributed by atoms with E-state index in [4.69, 9.17) is 4.74 Å². The van der Waals surface area contributed by atoms with Gasteiger partial charge in [0.2, 0.25) is 0 Å². The van der Waals surface area contributed by atoms with Gasteiger partial charge in [0, 0.05) is 8.07 Å². The number of hydrogen-bond acceptors (Lipinski definition) is 1. The van der Waals surface area contributed by atoms with E-state index < -0.39 is 8.07 Å². The second kappa shape index (κ2) is 2.08. The molecule has 1 heterocycles. The lowest BCUT2D eigenvalue weighted by Gasteiger charge is -2.13. The third kappa shape index (κ3) is 2.10. The van der Waals surface area contributed by atoms with E-state index in [0.717, 1.165) is 0 Å². The molecule has 10 heavy (non-hydrogen) atoms. The van der Waals surface area contributed by atoms with Gasteiger partial charge in [0.15, 0.2) is 0 Å². The van der Waals surface area contributed by atoms with E-state index in [1.165, 1.54) is 6.04 Å². The lowest BCUT2D eigenvalue weighted by molar-refractivity contribution is 0.328. The summed E-state index contributed by atoms with van der Waals surface area (Å²) in [5.74, 6) is 0. The Hall–Kier alpha value is 0.177. The molecule has 0 bridgehead atoms. The highest BCUT2D eigenvalue weighted by molar-refractivity contribution is 6.76. The Morgan fingerprint density at radius 2 is 1.70 bits per heavy atom. The number of epoxide rings is 1. The maximum atomic E-state index is 5.52. The Labute approximate surface area is 64.8 Å². The van der Waals surface area contributed by atoms with Crippen molar-refractivity contribution < 1.29 is 4.74 Å². The first kappa shape index (κ1) is 8.28. The lowest BCUT2D eigenvalue weighted by Crippen LogP contribution is -2.23. The van der Waals surface area contributed by atoms with Crippen LogP contribution in [0.1, 0.15) is 13.8 Å². The van der Waals surface area contributed by atoms with Crippen LogP contribution in [0.4, 0.5) is 0 Å². The van der Waals surface area contributed by atoms with Crippen molar-refractivity contribution in [3.63, 3.8) is 0 Å². The van der Waals surface area contributed by atoms with Crippen molar-refractivity contribution in [3.8, 4) is 0 Å². The molecule has 0 spiro atoms. The topological polar surface area (TPSA) is 12.5 Å². The molecule has 1 fully saturated rings. The summed E-state index contributed by atoms with van der Waals surface area (Å²) in [6, 6.07) is 1.32. The van der Waals surface area contributed by atoms with Gasteiger partial charge in [-0.15, -0.1) is 0 Å². The van der Waals surface area contributed by atoms with Gasteiger partial charge in [0.05, 0.1) is 11.7 Å². The van der Waals surface area contributed by atoms with Crippen LogP contribution in [0.15, 0.2) is 0 Å². The Morgan fingerprint density at radius 3 is 1.80 bits per heavy atom. The Kier molecular flexibility index (Phi) is 1.72. The van der Waals surface area contributed by atoms with E-state index in [9.17, 15) is 0 Å². The molecule has 0 N–H and O–H groups in total. The van der Waals surface area contributed by atoms with Gasteiger partial charge in [0.25, 0.3) is 0 Å². The van der Waals surface area contributed by atoms with Crippen molar-refractivity contribution >= 4 is 8.07 Å². The van der Waals surface area contributed by atoms with Crippen molar-refractivity contribution in [2.75, 3.05) is 0 Å². The van der Waals surface area contributed by atoms with Crippen LogP contribution in [0.5, 0.6) is 0 Å². The van der Waals surface area contributed by atoms with E-state index in [1.807, 2.05) is 0 Å². The second-order valence-electron chi connectivity index (χ2n) is 4.97. The highest BCUT2D eigenvalue weighted by Gasteiger charge is 2.49. The number of ether oxygens (including phenoxy) is 1. The fourth-order valence-electron chi connectivity index (χ4n) is 1.18. The van der Waals surface area contributed by atoms with E-state index >= 15 is 0 Å². The largest absolute Gasteiger partial charge is 0.367 e. The monoisotopic (exact) mass is 158 g/mol. The molecular weight excluding hydrogens is 140 g/mol. The standard InChI is InChI=1S/C8H18OSi/c1-8(2)7(9-8)6-10(3,4)5/h7H,6H2,1-5H3. The first-order valence-electron chi connectivity index (χ1n) is 3.99. The molecule has 0 radical (unpaired) electrons. The van der Waals surface area contributed by atoms with Crippen LogP contribution in [0.3, 0.4) is 0 Å². The first-order chi connectivity index (χ1) is 4.31. The van der Waals surface area contributed by atoms with Crippen molar-refractivity contribution in [1.29, 1.82) is 0 Å². The first-order valence-corrected chi connectivity index (χ1v) is 7.70.